The maximum Gasteiger partial charge on any atom is 0.146 e. The molecule has 0 N–H and O–H groups in total. The van der Waals surface area contributed by atoms with E-state index in [0.29, 0.717) is 0 Å². The Morgan fingerprint density at radius 2 is 0.694 bits per heavy atom. The number of para-hydroxylation sites is 4. The summed E-state index contributed by atoms with van der Waals surface area (Å²) in [6, 6.07) is 63.7. The molecule has 0 aliphatic rings. The van der Waals surface area contributed by atoms with E-state index in [9.17, 15) is 0 Å². The molecular weight excluding hydrogens is 761 g/mol. The smallest absolute Gasteiger partial charge is 0.146 e. The first-order chi connectivity index (χ1) is 30.6. The number of furan rings is 2. The third-order valence-corrected chi connectivity index (χ3v) is 12.3. The Hall–Kier alpha value is -8.22. The molecular formula is C56H38N4O2. The van der Waals surface area contributed by atoms with E-state index in [1.165, 1.54) is 0 Å². The van der Waals surface area contributed by atoms with Gasteiger partial charge in [-0.25, -0.2) is 0 Å². The van der Waals surface area contributed by atoms with Gasteiger partial charge in [-0.2, -0.15) is 0 Å². The highest BCUT2D eigenvalue weighted by Gasteiger charge is 2.22. The van der Waals surface area contributed by atoms with Crippen LogP contribution in [0.25, 0.3) is 76.8 Å². The van der Waals surface area contributed by atoms with Crippen LogP contribution >= 0.6 is 0 Å². The molecule has 0 saturated heterocycles. The molecule has 12 rings (SSSR count). The quantitative estimate of drug-likeness (QED) is 0.160. The van der Waals surface area contributed by atoms with Crippen molar-refractivity contribution in [2.75, 3.05) is 9.80 Å². The molecule has 62 heavy (non-hydrogen) atoms. The SMILES string of the molecule is Cc1c(N(c2ccccc2)c2ccc(-c3ccc(N(c4ccccc4)c4ccc5c(oc6c7ccccc7ncc56)c4C)cc3)cc2)ccc2c1oc1c3ccccc3ncc21. The lowest BCUT2D eigenvalue weighted by molar-refractivity contribution is 0.669. The fraction of sp³-hybridized carbons (Fsp3) is 0.0357. The number of hydrogen-bond acceptors (Lipinski definition) is 6. The first-order valence-electron chi connectivity index (χ1n) is 20.9. The fourth-order valence-electron chi connectivity index (χ4n) is 9.19. The van der Waals surface area contributed by atoms with E-state index in [2.05, 4.69) is 169 Å². The van der Waals surface area contributed by atoms with Crippen molar-refractivity contribution in [1.82, 2.24) is 9.97 Å². The van der Waals surface area contributed by atoms with Gasteiger partial charge in [-0.05, 0) is 122 Å². The molecule has 4 aromatic heterocycles. The molecule has 0 atom stereocenters. The minimum absolute atomic E-state index is 0.869. The van der Waals surface area contributed by atoms with Crippen LogP contribution in [0.3, 0.4) is 0 Å². The average Bonchev–Trinajstić information content (AvgIpc) is 3.92. The third kappa shape index (κ3) is 5.65. The molecule has 0 spiro atoms. The molecule has 0 aliphatic carbocycles. The summed E-state index contributed by atoms with van der Waals surface area (Å²) in [5, 5.41) is 6.21. The van der Waals surface area contributed by atoms with E-state index < -0.39 is 0 Å². The summed E-state index contributed by atoms with van der Waals surface area (Å²) < 4.78 is 13.4. The second-order valence-electron chi connectivity index (χ2n) is 15.8. The number of pyridine rings is 2. The van der Waals surface area contributed by atoms with Crippen LogP contribution in [0.4, 0.5) is 34.1 Å². The van der Waals surface area contributed by atoms with Gasteiger partial charge in [0.25, 0.3) is 0 Å². The Bertz CT molecular complexity index is 3410. The molecule has 0 saturated carbocycles. The molecule has 6 nitrogen and oxygen atoms in total. The number of aryl methyl sites for hydroxylation is 2. The van der Waals surface area contributed by atoms with Gasteiger partial charge in [-0.15, -0.1) is 0 Å². The van der Waals surface area contributed by atoms with Crippen molar-refractivity contribution in [3.8, 4) is 11.1 Å². The Balaban J connectivity index is 0.907. The van der Waals surface area contributed by atoms with Gasteiger partial charge in [-0.3, -0.25) is 9.97 Å². The van der Waals surface area contributed by atoms with Gasteiger partial charge >= 0.3 is 0 Å². The highest BCUT2D eigenvalue weighted by atomic mass is 16.3. The van der Waals surface area contributed by atoms with Gasteiger partial charge in [0, 0.05) is 78.6 Å². The molecule has 0 fully saturated rings. The minimum atomic E-state index is 0.869. The predicted octanol–water partition coefficient (Wildman–Crippen LogP) is 15.8. The molecule has 0 bridgehead atoms. The summed E-state index contributed by atoms with van der Waals surface area (Å²) >= 11 is 0. The van der Waals surface area contributed by atoms with E-state index in [4.69, 9.17) is 18.8 Å². The Labute approximate surface area is 357 Å². The van der Waals surface area contributed by atoms with Crippen LogP contribution in [0.2, 0.25) is 0 Å². The second kappa shape index (κ2) is 14.2. The standard InChI is InChI=1S/C56H38N4O2/c1-35-51(31-29-43-47-33-57-49-19-11-9-17-45(49)55(47)61-53(35)43)59(39-13-5-3-6-14-39)41-25-21-37(22-26-41)38-23-27-42(28-24-38)60(40-15-7-4-8-16-40)52-32-30-44-48-34-58-50-20-12-10-18-46(50)56(48)62-54(44)36(52)2/h3-34H,1-2H3. The van der Waals surface area contributed by atoms with Crippen LogP contribution in [0.15, 0.2) is 203 Å². The third-order valence-electron chi connectivity index (χ3n) is 12.3. The minimum Gasteiger partial charge on any atom is -0.455 e. The van der Waals surface area contributed by atoms with Gasteiger partial charge in [0.2, 0.25) is 0 Å². The zero-order valence-corrected chi connectivity index (χ0v) is 34.1. The molecule has 0 amide bonds. The number of hydrogen-bond donors (Lipinski definition) is 0. The molecule has 6 heteroatoms. The van der Waals surface area contributed by atoms with Crippen molar-refractivity contribution in [2.24, 2.45) is 0 Å². The van der Waals surface area contributed by atoms with Crippen LogP contribution in [0.5, 0.6) is 0 Å². The number of nitrogens with zero attached hydrogens (tertiary/aromatic N) is 4. The Kier molecular flexibility index (Phi) is 8.18. The normalized spacial score (nSPS) is 11.7. The summed E-state index contributed by atoms with van der Waals surface area (Å²) in [4.78, 5) is 14.1. The van der Waals surface area contributed by atoms with E-state index in [-0.39, 0.29) is 0 Å². The summed E-state index contributed by atoms with van der Waals surface area (Å²) in [5.41, 5.74) is 16.1. The second-order valence-corrected chi connectivity index (χ2v) is 15.8. The maximum absolute atomic E-state index is 6.69. The van der Waals surface area contributed by atoms with E-state index in [0.717, 1.165) is 122 Å². The molecule has 0 unspecified atom stereocenters. The zero-order chi connectivity index (χ0) is 41.3. The highest BCUT2D eigenvalue weighted by Crippen LogP contribution is 2.45. The number of anilines is 6. The van der Waals surface area contributed by atoms with Gasteiger partial charge in [0.1, 0.15) is 22.3 Å². The summed E-state index contributed by atoms with van der Waals surface area (Å²) in [6.07, 6.45) is 3.87. The van der Waals surface area contributed by atoms with Gasteiger partial charge < -0.3 is 18.6 Å². The van der Waals surface area contributed by atoms with Crippen LogP contribution in [0.1, 0.15) is 11.1 Å². The molecule has 294 valence electrons. The lowest BCUT2D eigenvalue weighted by atomic mass is 10.0. The van der Waals surface area contributed by atoms with Crippen molar-refractivity contribution < 1.29 is 8.83 Å². The van der Waals surface area contributed by atoms with Crippen LogP contribution in [0, 0.1) is 13.8 Å². The molecule has 4 heterocycles. The van der Waals surface area contributed by atoms with Crippen molar-refractivity contribution in [1.29, 1.82) is 0 Å². The van der Waals surface area contributed by atoms with E-state index >= 15 is 0 Å². The Morgan fingerprint density at radius 1 is 0.323 bits per heavy atom. The van der Waals surface area contributed by atoms with Gasteiger partial charge in [0.05, 0.1) is 22.4 Å². The van der Waals surface area contributed by atoms with Crippen LogP contribution in [-0.4, -0.2) is 9.97 Å². The van der Waals surface area contributed by atoms with Gasteiger partial charge in [0.15, 0.2) is 0 Å². The number of rotatable bonds is 7. The zero-order valence-electron chi connectivity index (χ0n) is 34.1. The first-order valence-corrected chi connectivity index (χ1v) is 20.9. The van der Waals surface area contributed by atoms with Crippen molar-refractivity contribution >= 4 is 99.8 Å². The lowest BCUT2D eigenvalue weighted by Crippen LogP contribution is -2.11. The summed E-state index contributed by atoms with van der Waals surface area (Å²) in [6.45, 7) is 4.30. The van der Waals surface area contributed by atoms with Gasteiger partial charge in [-0.1, -0.05) is 84.9 Å². The first kappa shape index (κ1) is 35.7. The van der Waals surface area contributed by atoms with Crippen molar-refractivity contribution in [2.45, 2.75) is 13.8 Å². The number of benzene rings is 8. The number of fused-ring (bicyclic) bond motifs is 10. The van der Waals surface area contributed by atoms with Crippen molar-refractivity contribution in [3.05, 3.63) is 206 Å². The van der Waals surface area contributed by atoms with E-state index in [1.54, 1.807) is 0 Å². The largest absolute Gasteiger partial charge is 0.455 e. The molecule has 12 aromatic rings. The Morgan fingerprint density at radius 3 is 1.11 bits per heavy atom. The predicted molar refractivity (Wildman–Crippen MR) is 256 cm³/mol. The summed E-state index contributed by atoms with van der Waals surface area (Å²) in [5.74, 6) is 0. The topological polar surface area (TPSA) is 58.5 Å². The lowest BCUT2D eigenvalue weighted by Gasteiger charge is -2.27. The highest BCUT2D eigenvalue weighted by molar-refractivity contribution is 6.16. The van der Waals surface area contributed by atoms with Crippen LogP contribution < -0.4 is 9.80 Å². The average molecular weight is 799 g/mol. The maximum atomic E-state index is 6.69. The molecule has 0 radical (unpaired) electrons. The summed E-state index contributed by atoms with van der Waals surface area (Å²) in [7, 11) is 0. The molecule has 8 aromatic carbocycles. The monoisotopic (exact) mass is 798 g/mol. The number of aromatic nitrogens is 2. The van der Waals surface area contributed by atoms with E-state index in [1.807, 2.05) is 48.8 Å². The molecule has 0 aliphatic heterocycles. The van der Waals surface area contributed by atoms with Crippen molar-refractivity contribution in [3.63, 3.8) is 0 Å². The van der Waals surface area contributed by atoms with Crippen LogP contribution in [-0.2, 0) is 0 Å². The fourth-order valence-corrected chi connectivity index (χ4v) is 9.19.